The predicted octanol–water partition coefficient (Wildman–Crippen LogP) is 5.87. The van der Waals surface area contributed by atoms with Gasteiger partial charge in [0.15, 0.2) is 0 Å². The Balaban J connectivity index is 0.000000501. The van der Waals surface area contributed by atoms with E-state index in [0.29, 0.717) is 0 Å². The van der Waals surface area contributed by atoms with Crippen molar-refractivity contribution in [2.24, 2.45) is 0 Å². The monoisotopic (exact) mass is 475 g/mol. The molecule has 1 aromatic carbocycles. The van der Waals surface area contributed by atoms with Crippen LogP contribution in [0.25, 0.3) is 10.9 Å². The van der Waals surface area contributed by atoms with Crippen molar-refractivity contribution in [1.29, 1.82) is 0 Å². The fourth-order valence-electron chi connectivity index (χ4n) is 3.31. The molecule has 0 bridgehead atoms. The first kappa shape index (κ1) is 26.5. The van der Waals surface area contributed by atoms with Crippen LogP contribution in [0.5, 0.6) is 0 Å². The van der Waals surface area contributed by atoms with Crippen LogP contribution in [-0.2, 0) is 17.1 Å². The fraction of sp³-hybridized carbons (Fsp3) is 0.269. The number of pyridine rings is 1. The molecule has 0 spiro atoms. The first-order valence-electron chi connectivity index (χ1n) is 10.7. The number of nitrogens with one attached hydrogen (secondary N) is 2. The van der Waals surface area contributed by atoms with Gasteiger partial charge in [0.2, 0.25) is 0 Å². The maximum Gasteiger partial charge on any atom is 2.00 e. The van der Waals surface area contributed by atoms with E-state index in [4.69, 9.17) is 11.6 Å². The van der Waals surface area contributed by atoms with Crippen molar-refractivity contribution in [2.45, 2.75) is 25.7 Å². The number of anilines is 1. The normalized spacial score (nSPS) is 16.0. The molecular weight excluding hydrogens is 446 g/mol. The molecule has 2 aromatic rings. The van der Waals surface area contributed by atoms with E-state index in [1.54, 1.807) is 0 Å². The molecule has 2 N–H and O–H groups in total. The molecule has 31 heavy (non-hydrogen) atoms. The Kier molecular flexibility index (Phi) is 13.6. The molecule has 4 rings (SSSR count). The van der Waals surface area contributed by atoms with E-state index >= 15 is 0 Å². The molecule has 1 aromatic heterocycles. The number of unbranched alkanes of at least 4 members (excludes halogenated alkanes) is 3. The summed E-state index contributed by atoms with van der Waals surface area (Å²) in [4.78, 5) is 4.38. The second-order valence-electron chi connectivity index (χ2n) is 7.29. The average Bonchev–Trinajstić information content (AvgIpc) is 3.49. The summed E-state index contributed by atoms with van der Waals surface area (Å²) in [6, 6.07) is 7.89. The number of hydrogen-bond acceptors (Lipinski definition) is 3. The smallest absolute Gasteiger partial charge is 0.384 e. The van der Waals surface area contributed by atoms with Crippen molar-refractivity contribution >= 4 is 28.2 Å². The van der Waals surface area contributed by atoms with Gasteiger partial charge in [0.25, 0.3) is 0 Å². The number of aromatic nitrogens is 1. The van der Waals surface area contributed by atoms with E-state index in [0.717, 1.165) is 41.2 Å². The second-order valence-corrected chi connectivity index (χ2v) is 7.73. The average molecular weight is 476 g/mol. The van der Waals surface area contributed by atoms with Gasteiger partial charge < -0.3 is 10.6 Å². The summed E-state index contributed by atoms with van der Waals surface area (Å²) in [7, 11) is 0. The molecule has 1 heterocycles. The van der Waals surface area contributed by atoms with Crippen LogP contribution in [0.15, 0.2) is 30.5 Å². The number of rotatable bonds is 10. The van der Waals surface area contributed by atoms with Crippen LogP contribution in [0.3, 0.4) is 0 Å². The van der Waals surface area contributed by atoms with Crippen LogP contribution in [0, 0.1) is 63.7 Å². The van der Waals surface area contributed by atoms with Gasteiger partial charge in [-0.2, -0.15) is 0 Å². The number of hydrogen-bond donors (Lipinski definition) is 2. The van der Waals surface area contributed by atoms with Gasteiger partial charge in [0, 0.05) is 35.4 Å². The van der Waals surface area contributed by atoms with Crippen LogP contribution in [0.4, 0.5) is 5.69 Å². The van der Waals surface area contributed by atoms with Crippen molar-refractivity contribution in [3.63, 3.8) is 0 Å². The Morgan fingerprint density at radius 1 is 0.774 bits per heavy atom. The van der Waals surface area contributed by atoms with Crippen LogP contribution in [-0.4, -0.2) is 24.6 Å². The SMILES string of the molecule is Clc1ccc2c(NCCCCCCNC[C]3[CH][CH][CH][CH]3)ccnc2c1.[CH]1[CH][CH][CH][CH]1.[Fe+2]. The molecule has 0 amide bonds. The summed E-state index contributed by atoms with van der Waals surface area (Å²) >= 11 is 6.03. The third-order valence-corrected chi connectivity index (χ3v) is 5.15. The minimum atomic E-state index is 0. The first-order chi connectivity index (χ1) is 14.8. The minimum Gasteiger partial charge on any atom is -0.384 e. The van der Waals surface area contributed by atoms with Gasteiger partial charge in [-0.25, -0.2) is 0 Å². The topological polar surface area (TPSA) is 37.0 Å². The number of benzene rings is 1. The van der Waals surface area contributed by atoms with Crippen LogP contribution < -0.4 is 10.6 Å². The van der Waals surface area contributed by atoms with Gasteiger partial charge in [-0.15, -0.1) is 0 Å². The zero-order chi connectivity index (χ0) is 20.9. The summed E-state index contributed by atoms with van der Waals surface area (Å²) in [5.74, 6) is 1.37. The molecule has 2 saturated carbocycles. The maximum absolute atomic E-state index is 6.03. The van der Waals surface area contributed by atoms with Crippen LogP contribution in [0.1, 0.15) is 25.7 Å². The molecule has 2 aliphatic rings. The van der Waals surface area contributed by atoms with Gasteiger partial charge in [-0.1, -0.05) is 24.4 Å². The number of halogens is 1. The van der Waals surface area contributed by atoms with Gasteiger partial charge in [0.1, 0.15) is 0 Å². The summed E-state index contributed by atoms with van der Waals surface area (Å²) in [5, 5.41) is 8.88. The molecule has 3 nitrogen and oxygen atoms in total. The van der Waals surface area contributed by atoms with Crippen molar-refractivity contribution in [1.82, 2.24) is 10.3 Å². The molecule has 0 unspecified atom stereocenters. The van der Waals surface area contributed by atoms with E-state index in [-0.39, 0.29) is 17.1 Å². The van der Waals surface area contributed by atoms with E-state index in [9.17, 15) is 0 Å². The fourth-order valence-corrected chi connectivity index (χ4v) is 3.48. The Hall–Kier alpha value is -0.801. The Morgan fingerprint density at radius 2 is 1.45 bits per heavy atom. The third-order valence-electron chi connectivity index (χ3n) is 4.92. The number of fused-ring (bicyclic) bond motifs is 1. The van der Waals surface area contributed by atoms with Gasteiger partial charge in [-0.3, -0.25) is 4.98 Å². The molecule has 10 radical (unpaired) electrons. The second kappa shape index (κ2) is 15.9. The quantitative estimate of drug-likeness (QED) is 0.333. The largest absolute Gasteiger partial charge is 2.00 e. The Labute approximate surface area is 205 Å². The Morgan fingerprint density at radius 3 is 2.16 bits per heavy atom. The Bertz CT molecular complexity index is 722. The molecular formula is C26H30ClFeN3+2. The van der Waals surface area contributed by atoms with Crippen molar-refractivity contribution in [3.05, 3.63) is 99.2 Å². The van der Waals surface area contributed by atoms with Crippen LogP contribution >= 0.6 is 11.6 Å². The van der Waals surface area contributed by atoms with E-state index < -0.39 is 0 Å². The third kappa shape index (κ3) is 10.1. The van der Waals surface area contributed by atoms with Gasteiger partial charge in [0.05, 0.1) is 5.52 Å². The first-order valence-corrected chi connectivity index (χ1v) is 11.1. The summed E-state index contributed by atoms with van der Waals surface area (Å²) in [6.45, 7) is 3.06. The standard InChI is InChI=1S/C21H25ClN3.C5H5.Fe/c22-18-9-10-19-20(11-14-25-21(19)15-18)24-13-6-2-1-5-12-23-16-17-7-3-4-8-17;1-2-4-5-3-1;/h3-4,7-11,14-15,23H,1-2,5-6,12-13,16H2,(H,24,25);1-5H;/q;;+2. The maximum atomic E-state index is 6.03. The molecule has 5 heteroatoms. The van der Waals surface area contributed by atoms with E-state index in [1.807, 2.05) is 62.6 Å². The van der Waals surface area contributed by atoms with E-state index in [2.05, 4.69) is 41.3 Å². The molecule has 0 aliphatic heterocycles. The predicted molar refractivity (Wildman–Crippen MR) is 129 cm³/mol. The molecule has 0 atom stereocenters. The van der Waals surface area contributed by atoms with Crippen LogP contribution in [0.2, 0.25) is 5.02 Å². The summed E-state index contributed by atoms with van der Waals surface area (Å²) in [5.41, 5.74) is 2.08. The van der Waals surface area contributed by atoms with Crippen molar-refractivity contribution in [2.75, 3.05) is 25.0 Å². The molecule has 2 fully saturated rings. The summed E-state index contributed by atoms with van der Waals surface area (Å²) < 4.78 is 0. The van der Waals surface area contributed by atoms with Gasteiger partial charge >= 0.3 is 17.1 Å². The summed E-state index contributed by atoms with van der Waals surface area (Å²) in [6.07, 6.45) is 25.3. The molecule has 162 valence electrons. The van der Waals surface area contributed by atoms with Crippen molar-refractivity contribution in [3.8, 4) is 0 Å². The van der Waals surface area contributed by atoms with Gasteiger partial charge in [-0.05, 0) is 107 Å². The molecule has 0 saturated heterocycles. The van der Waals surface area contributed by atoms with E-state index in [1.165, 1.54) is 31.6 Å². The number of nitrogens with zero attached hydrogens (tertiary/aromatic N) is 1. The zero-order valence-electron chi connectivity index (χ0n) is 17.7. The zero-order valence-corrected chi connectivity index (χ0v) is 19.6. The van der Waals surface area contributed by atoms with Crippen molar-refractivity contribution < 1.29 is 17.1 Å². The molecule has 2 aliphatic carbocycles. The minimum absolute atomic E-state index is 0.